The Labute approximate surface area is 297 Å². The zero-order valence-electron chi connectivity index (χ0n) is 32.0. The summed E-state index contributed by atoms with van der Waals surface area (Å²) < 4.78 is 12.7. The minimum atomic E-state index is -0.928. The lowest BCUT2D eigenvalue weighted by Gasteiger charge is -2.57. The van der Waals surface area contributed by atoms with E-state index < -0.39 is 17.3 Å². The zero-order valence-corrected chi connectivity index (χ0v) is 32.0. The van der Waals surface area contributed by atoms with Crippen molar-refractivity contribution in [1.29, 1.82) is 0 Å². The van der Waals surface area contributed by atoms with Gasteiger partial charge in [-0.3, -0.25) is 9.59 Å². The fourth-order valence-electron chi connectivity index (χ4n) is 12.0. The molecule has 0 spiro atoms. The summed E-state index contributed by atoms with van der Waals surface area (Å²) in [6.07, 6.45) is 21.8. The highest BCUT2D eigenvalue weighted by atomic mass is 16.6. The van der Waals surface area contributed by atoms with Crippen molar-refractivity contribution >= 4 is 11.9 Å². The van der Waals surface area contributed by atoms with E-state index in [9.17, 15) is 14.7 Å². The van der Waals surface area contributed by atoms with Crippen LogP contribution >= 0.6 is 0 Å². The van der Waals surface area contributed by atoms with Gasteiger partial charge in [-0.25, -0.2) is 0 Å². The molecule has 9 atom stereocenters. The molecule has 2 fully saturated rings. The number of fused-ring (bicyclic) bond motifs is 6. The summed E-state index contributed by atoms with van der Waals surface area (Å²) in [6, 6.07) is 0. The van der Waals surface area contributed by atoms with Crippen molar-refractivity contribution in [2.75, 3.05) is 0 Å². The Hall–Kier alpha value is -2.14. The van der Waals surface area contributed by atoms with Gasteiger partial charge in [0.15, 0.2) is 0 Å². The summed E-state index contributed by atoms with van der Waals surface area (Å²) in [5.74, 6) is 2.14. The maximum atomic E-state index is 13.4. The first-order valence-electron chi connectivity index (χ1n) is 20.0. The molecule has 2 saturated carbocycles. The molecule has 6 rings (SSSR count). The van der Waals surface area contributed by atoms with Crippen LogP contribution in [0, 0.1) is 46.3 Å². The van der Waals surface area contributed by atoms with Crippen LogP contribution in [-0.2, 0) is 19.1 Å². The number of hydrogen-bond donors (Lipinski definition) is 1. The van der Waals surface area contributed by atoms with Gasteiger partial charge in [-0.2, -0.15) is 0 Å². The van der Waals surface area contributed by atoms with E-state index in [1.807, 2.05) is 0 Å². The number of aliphatic hydroxyl groups excluding tert-OH is 1. The Bertz CT molecular complexity index is 1410. The number of allylic oxidation sites excluding steroid dienone is 8. The van der Waals surface area contributed by atoms with Crippen molar-refractivity contribution in [1.82, 2.24) is 0 Å². The maximum Gasteiger partial charge on any atom is 0.308 e. The average molecular weight is 675 g/mol. The van der Waals surface area contributed by atoms with Crippen LogP contribution in [0.25, 0.3) is 0 Å². The normalized spacial score (nSPS) is 39.2. The topological polar surface area (TPSA) is 72.8 Å². The molecule has 6 aliphatic rings. The number of rotatable bonds is 9. The summed E-state index contributed by atoms with van der Waals surface area (Å²) in [5, 5.41) is 10.9. The van der Waals surface area contributed by atoms with Crippen LogP contribution in [-0.4, -0.2) is 34.4 Å². The number of carbonyl (C=O) groups is 2. The Morgan fingerprint density at radius 1 is 0.735 bits per heavy atom. The first-order chi connectivity index (χ1) is 23.1. The van der Waals surface area contributed by atoms with Gasteiger partial charge in [0.05, 0.1) is 12.5 Å². The third kappa shape index (κ3) is 6.93. The van der Waals surface area contributed by atoms with Crippen LogP contribution < -0.4 is 0 Å². The predicted molar refractivity (Wildman–Crippen MR) is 196 cm³/mol. The molecule has 49 heavy (non-hydrogen) atoms. The molecule has 9 unspecified atom stereocenters. The van der Waals surface area contributed by atoms with E-state index in [4.69, 9.17) is 9.47 Å². The molecule has 6 aliphatic carbocycles. The van der Waals surface area contributed by atoms with Gasteiger partial charge in [0, 0.05) is 18.3 Å². The van der Waals surface area contributed by atoms with Crippen molar-refractivity contribution in [2.45, 2.75) is 169 Å². The van der Waals surface area contributed by atoms with E-state index in [2.05, 4.69) is 79.7 Å². The van der Waals surface area contributed by atoms with E-state index in [1.54, 1.807) is 11.1 Å². The fraction of sp³-hybridized carbons (Fsp3) is 0.773. The van der Waals surface area contributed by atoms with E-state index in [1.165, 1.54) is 30.4 Å². The minimum Gasteiger partial charge on any atom is -0.459 e. The van der Waals surface area contributed by atoms with Gasteiger partial charge in [-0.05, 0) is 143 Å². The molecule has 272 valence electrons. The van der Waals surface area contributed by atoms with Gasteiger partial charge in [0.1, 0.15) is 11.2 Å². The molecule has 0 aliphatic heterocycles. The van der Waals surface area contributed by atoms with Crippen LogP contribution in [0.3, 0.4) is 0 Å². The molecule has 0 amide bonds. The summed E-state index contributed by atoms with van der Waals surface area (Å²) in [4.78, 5) is 26.7. The van der Waals surface area contributed by atoms with Crippen molar-refractivity contribution < 1.29 is 24.2 Å². The van der Waals surface area contributed by atoms with Gasteiger partial charge < -0.3 is 14.6 Å². The zero-order chi connectivity index (χ0) is 35.4. The summed E-state index contributed by atoms with van der Waals surface area (Å²) in [5.41, 5.74) is 5.27. The van der Waals surface area contributed by atoms with Crippen LogP contribution in [0.1, 0.15) is 152 Å². The molecule has 0 aromatic carbocycles. The van der Waals surface area contributed by atoms with Crippen LogP contribution in [0.4, 0.5) is 0 Å². The van der Waals surface area contributed by atoms with Crippen LogP contribution in [0.15, 0.2) is 46.6 Å². The smallest absolute Gasteiger partial charge is 0.308 e. The second-order valence-corrected chi connectivity index (χ2v) is 18.6. The van der Waals surface area contributed by atoms with Gasteiger partial charge in [0.2, 0.25) is 0 Å². The van der Waals surface area contributed by atoms with Crippen molar-refractivity contribution in [2.24, 2.45) is 46.3 Å². The highest BCUT2D eigenvalue weighted by Crippen LogP contribution is 2.62. The lowest BCUT2D eigenvalue weighted by atomic mass is 9.50. The molecular weight excluding hydrogens is 608 g/mol. The van der Waals surface area contributed by atoms with Crippen LogP contribution in [0.2, 0.25) is 0 Å². The molecule has 5 heteroatoms. The molecule has 1 N–H and O–H groups in total. The van der Waals surface area contributed by atoms with Crippen LogP contribution in [0.5, 0.6) is 0 Å². The Morgan fingerprint density at radius 3 is 1.63 bits per heavy atom. The Balaban J connectivity index is 1.03. The molecule has 0 heterocycles. The molecule has 0 bridgehead atoms. The van der Waals surface area contributed by atoms with Gasteiger partial charge in [0.25, 0.3) is 0 Å². The molecule has 0 aromatic heterocycles. The number of hydrogen-bond acceptors (Lipinski definition) is 5. The van der Waals surface area contributed by atoms with Gasteiger partial charge in [-0.15, -0.1) is 0 Å². The second kappa shape index (κ2) is 13.8. The average Bonchev–Trinajstić information content (AvgIpc) is 3.02. The Morgan fingerprint density at radius 2 is 1.18 bits per heavy atom. The monoisotopic (exact) mass is 674 g/mol. The number of esters is 2. The quantitative estimate of drug-likeness (QED) is 0.247. The largest absolute Gasteiger partial charge is 0.459 e. The lowest BCUT2D eigenvalue weighted by Crippen LogP contribution is -2.55. The maximum absolute atomic E-state index is 13.4. The first-order valence-corrected chi connectivity index (χ1v) is 20.0. The van der Waals surface area contributed by atoms with E-state index >= 15 is 0 Å². The lowest BCUT2D eigenvalue weighted by molar-refractivity contribution is -0.187. The van der Waals surface area contributed by atoms with Crippen molar-refractivity contribution in [3.05, 3.63) is 46.6 Å². The summed E-state index contributed by atoms with van der Waals surface area (Å²) >= 11 is 0. The predicted octanol–water partition coefficient (Wildman–Crippen LogP) is 10.4. The van der Waals surface area contributed by atoms with E-state index in [0.29, 0.717) is 23.7 Å². The third-order valence-corrected chi connectivity index (χ3v) is 14.8. The van der Waals surface area contributed by atoms with Crippen molar-refractivity contribution in [3.63, 3.8) is 0 Å². The van der Waals surface area contributed by atoms with Gasteiger partial charge in [-0.1, -0.05) is 77.0 Å². The molecule has 0 saturated heterocycles. The third-order valence-electron chi connectivity index (χ3n) is 14.8. The van der Waals surface area contributed by atoms with Crippen molar-refractivity contribution in [3.8, 4) is 0 Å². The van der Waals surface area contributed by atoms with Gasteiger partial charge >= 0.3 is 11.9 Å². The summed E-state index contributed by atoms with van der Waals surface area (Å²) in [6.45, 7) is 18.3. The fourth-order valence-corrected chi connectivity index (χ4v) is 12.0. The SMILES string of the molecule is CC(C)C1=CC2=CCC3C(C)(OC(=O)CCC(O)CC(=O)OC4(C)CCCC5(C)C6CCC(C(C)C)=CC6=CCC45)CCCC3(C)C2CC1. The molecular formula is C44H66O5. The highest BCUT2D eigenvalue weighted by molar-refractivity contribution is 5.72. The number of aliphatic hydroxyl groups is 1. The molecule has 5 nitrogen and oxygen atoms in total. The highest BCUT2D eigenvalue weighted by Gasteiger charge is 2.57. The number of ether oxygens (including phenoxy) is 2. The first kappa shape index (κ1) is 36.6. The Kier molecular flexibility index (Phi) is 10.3. The minimum absolute atomic E-state index is 0.0869. The second-order valence-electron chi connectivity index (χ2n) is 18.6. The molecule has 0 aromatic rings. The van der Waals surface area contributed by atoms with E-state index in [-0.39, 0.29) is 53.9 Å². The number of carbonyl (C=O) groups excluding carboxylic acids is 2. The van der Waals surface area contributed by atoms with E-state index in [0.717, 1.165) is 57.8 Å². The molecule has 0 radical (unpaired) electrons. The summed E-state index contributed by atoms with van der Waals surface area (Å²) in [7, 11) is 0. The standard InChI is InChI=1S/C44H66O5/c1-28(2)30-11-16-35-32(25-30)13-18-37-41(35,5)21-9-23-43(37,7)48-39(46)20-15-34(45)27-40(47)49-44(8)24-10-22-42(6)36-17-12-31(29(3)4)26-33(36)14-19-38(42)44/h13-14,25-26,28-29,34-38,45H,9-12,15-24,27H2,1-8H3.